The fourth-order valence-electron chi connectivity index (χ4n) is 2.56. The first-order valence-electron chi connectivity index (χ1n) is 8.65. The lowest BCUT2D eigenvalue weighted by atomic mass is 10.1. The zero-order valence-electron chi connectivity index (χ0n) is 15.5. The van der Waals surface area contributed by atoms with E-state index in [2.05, 4.69) is 15.5 Å². The molecule has 2 rings (SSSR count). The van der Waals surface area contributed by atoms with Crippen molar-refractivity contribution >= 4 is 40.7 Å². The molecule has 9 heteroatoms. The summed E-state index contributed by atoms with van der Waals surface area (Å²) in [6, 6.07) is 3.20. The van der Waals surface area contributed by atoms with Gasteiger partial charge in [0, 0.05) is 25.3 Å². The molecular formula is C18H23Cl2N5O2. The molecule has 7 nitrogen and oxygen atoms in total. The zero-order valence-corrected chi connectivity index (χ0v) is 17.0. The van der Waals surface area contributed by atoms with Crippen LogP contribution in [0.15, 0.2) is 12.1 Å². The molecule has 0 spiro atoms. The second-order valence-electron chi connectivity index (χ2n) is 6.05. The minimum atomic E-state index is -0.346. The predicted molar refractivity (Wildman–Crippen MR) is 107 cm³/mol. The fraction of sp³-hybridized carbons (Fsp3) is 0.389. The van der Waals surface area contributed by atoms with E-state index in [1.807, 2.05) is 20.8 Å². The maximum absolute atomic E-state index is 12.6. The van der Waals surface area contributed by atoms with Crippen molar-refractivity contribution < 1.29 is 9.59 Å². The van der Waals surface area contributed by atoms with Gasteiger partial charge in [-0.05, 0) is 38.0 Å². The third-order valence-corrected chi connectivity index (χ3v) is 4.99. The van der Waals surface area contributed by atoms with Gasteiger partial charge in [0.2, 0.25) is 0 Å². The molecule has 146 valence electrons. The number of nitrogens with two attached hydrogens (primary N) is 1. The van der Waals surface area contributed by atoms with E-state index in [4.69, 9.17) is 28.9 Å². The molecule has 27 heavy (non-hydrogen) atoms. The van der Waals surface area contributed by atoms with Gasteiger partial charge in [-0.2, -0.15) is 5.10 Å². The Bertz CT molecular complexity index is 851. The fourth-order valence-corrected chi connectivity index (χ4v) is 3.16. The van der Waals surface area contributed by atoms with E-state index in [-0.39, 0.29) is 24.1 Å². The average molecular weight is 412 g/mol. The number of nitrogens with zero attached hydrogens (tertiary/aromatic N) is 2. The highest BCUT2D eigenvalue weighted by Crippen LogP contribution is 2.23. The molecule has 4 N–H and O–H groups in total. The standard InChI is InChI=1S/C18H23Cl2N5O2/c1-4-14-15(20)16(24-23-14)18(27)25(5-2)7-6-22-17(26)11-9-13(21)10(3)8-12(11)19/h8-9H,4-7,21H2,1-3H3,(H,22,26)(H,23,24). The van der Waals surface area contributed by atoms with E-state index >= 15 is 0 Å². The van der Waals surface area contributed by atoms with Gasteiger partial charge in [0.1, 0.15) is 0 Å². The van der Waals surface area contributed by atoms with E-state index in [0.29, 0.717) is 40.8 Å². The Morgan fingerprint density at radius 1 is 1.30 bits per heavy atom. The Labute approximate surface area is 168 Å². The number of carbonyl (C=O) groups excluding carboxylic acids is 2. The number of rotatable bonds is 7. The van der Waals surface area contributed by atoms with Crippen LogP contribution < -0.4 is 11.1 Å². The molecule has 1 heterocycles. The number of aromatic nitrogens is 2. The average Bonchev–Trinajstić information content (AvgIpc) is 3.01. The number of aryl methyl sites for hydroxylation is 2. The Morgan fingerprint density at radius 3 is 2.59 bits per heavy atom. The van der Waals surface area contributed by atoms with Crippen LogP contribution in [0.4, 0.5) is 5.69 Å². The van der Waals surface area contributed by atoms with Crippen molar-refractivity contribution in [1.29, 1.82) is 0 Å². The van der Waals surface area contributed by atoms with Crippen LogP contribution in [-0.4, -0.2) is 46.5 Å². The Balaban J connectivity index is 2.00. The molecule has 0 fully saturated rings. The molecule has 2 aromatic rings. The molecule has 0 saturated heterocycles. The number of anilines is 1. The number of likely N-dealkylation sites (N-methyl/N-ethyl adjacent to an activating group) is 1. The summed E-state index contributed by atoms with van der Waals surface area (Å²) >= 11 is 12.3. The van der Waals surface area contributed by atoms with E-state index in [1.165, 1.54) is 0 Å². The highest BCUT2D eigenvalue weighted by Gasteiger charge is 2.22. The molecule has 1 aromatic heterocycles. The summed E-state index contributed by atoms with van der Waals surface area (Å²) in [5.74, 6) is -0.633. The normalized spacial score (nSPS) is 10.7. The minimum Gasteiger partial charge on any atom is -0.398 e. The smallest absolute Gasteiger partial charge is 0.275 e. The van der Waals surface area contributed by atoms with Crippen molar-refractivity contribution in [2.45, 2.75) is 27.2 Å². The van der Waals surface area contributed by atoms with Crippen molar-refractivity contribution in [2.24, 2.45) is 0 Å². The van der Waals surface area contributed by atoms with Crippen LogP contribution in [-0.2, 0) is 6.42 Å². The number of halogens is 2. The Hall–Kier alpha value is -2.25. The lowest BCUT2D eigenvalue weighted by Gasteiger charge is -2.20. The summed E-state index contributed by atoms with van der Waals surface area (Å²) in [7, 11) is 0. The quantitative estimate of drug-likeness (QED) is 0.608. The second kappa shape index (κ2) is 9.10. The summed E-state index contributed by atoms with van der Waals surface area (Å²) in [6.45, 7) is 6.60. The molecule has 0 aliphatic carbocycles. The highest BCUT2D eigenvalue weighted by molar-refractivity contribution is 6.34. The Kier molecular flexibility index (Phi) is 7.10. The molecule has 0 aliphatic rings. The third kappa shape index (κ3) is 4.73. The number of hydrogen-bond donors (Lipinski definition) is 3. The number of nitrogens with one attached hydrogen (secondary N) is 2. The summed E-state index contributed by atoms with van der Waals surface area (Å²) in [5, 5.41) is 10.2. The van der Waals surface area contributed by atoms with Gasteiger partial charge in [-0.3, -0.25) is 14.7 Å². The van der Waals surface area contributed by atoms with Crippen LogP contribution in [0.1, 0.15) is 46.0 Å². The van der Waals surface area contributed by atoms with Crippen molar-refractivity contribution in [2.75, 3.05) is 25.4 Å². The largest absolute Gasteiger partial charge is 0.398 e. The van der Waals surface area contributed by atoms with E-state index in [0.717, 1.165) is 11.3 Å². The van der Waals surface area contributed by atoms with Gasteiger partial charge in [0.05, 0.1) is 21.3 Å². The lowest BCUT2D eigenvalue weighted by molar-refractivity contribution is 0.0751. The van der Waals surface area contributed by atoms with E-state index in [1.54, 1.807) is 17.0 Å². The molecule has 0 unspecified atom stereocenters. The van der Waals surface area contributed by atoms with Crippen molar-refractivity contribution in [3.8, 4) is 0 Å². The lowest BCUT2D eigenvalue weighted by Crippen LogP contribution is -2.38. The van der Waals surface area contributed by atoms with Gasteiger partial charge >= 0.3 is 0 Å². The van der Waals surface area contributed by atoms with E-state index in [9.17, 15) is 9.59 Å². The molecule has 0 atom stereocenters. The number of amides is 2. The minimum absolute atomic E-state index is 0.191. The van der Waals surface area contributed by atoms with Crippen LogP contribution in [0.3, 0.4) is 0 Å². The van der Waals surface area contributed by atoms with Crippen LogP contribution in [0.2, 0.25) is 10.0 Å². The number of aromatic amines is 1. The summed E-state index contributed by atoms with van der Waals surface area (Å²) in [6.07, 6.45) is 0.655. The van der Waals surface area contributed by atoms with Crippen molar-refractivity contribution in [3.63, 3.8) is 0 Å². The molecular weight excluding hydrogens is 389 g/mol. The number of hydrogen-bond acceptors (Lipinski definition) is 4. The topological polar surface area (TPSA) is 104 Å². The first kappa shape index (κ1) is 21.1. The Morgan fingerprint density at radius 2 is 2.00 bits per heavy atom. The third-order valence-electron chi connectivity index (χ3n) is 4.27. The number of carbonyl (C=O) groups is 2. The number of benzene rings is 1. The van der Waals surface area contributed by atoms with Gasteiger partial charge < -0.3 is 16.0 Å². The molecule has 1 aromatic carbocycles. The summed E-state index contributed by atoms with van der Waals surface area (Å²) < 4.78 is 0. The highest BCUT2D eigenvalue weighted by atomic mass is 35.5. The molecule has 2 amide bonds. The predicted octanol–water partition coefficient (Wildman–Crippen LogP) is 3.06. The molecule has 0 aliphatic heterocycles. The van der Waals surface area contributed by atoms with Gasteiger partial charge in [-0.25, -0.2) is 0 Å². The van der Waals surface area contributed by atoms with Gasteiger partial charge in [0.15, 0.2) is 5.69 Å². The molecule has 0 saturated carbocycles. The zero-order chi connectivity index (χ0) is 20.1. The van der Waals surface area contributed by atoms with Crippen LogP contribution in [0, 0.1) is 6.92 Å². The SMILES string of the molecule is CCc1[nH]nc(C(=O)N(CC)CCNC(=O)c2cc(N)c(C)cc2Cl)c1Cl. The summed E-state index contributed by atoms with van der Waals surface area (Å²) in [5.41, 5.74) is 8.36. The number of nitrogen functional groups attached to an aromatic ring is 1. The first-order valence-corrected chi connectivity index (χ1v) is 9.41. The van der Waals surface area contributed by atoms with Gasteiger partial charge in [-0.15, -0.1) is 0 Å². The van der Waals surface area contributed by atoms with Crippen LogP contribution in [0.25, 0.3) is 0 Å². The first-order chi connectivity index (χ1) is 12.8. The number of H-pyrrole nitrogens is 1. The van der Waals surface area contributed by atoms with Crippen molar-refractivity contribution in [3.05, 3.63) is 44.7 Å². The maximum atomic E-state index is 12.6. The molecule has 0 bridgehead atoms. The van der Waals surface area contributed by atoms with E-state index < -0.39 is 0 Å². The summed E-state index contributed by atoms with van der Waals surface area (Å²) in [4.78, 5) is 26.5. The van der Waals surface area contributed by atoms with Gasteiger partial charge in [-0.1, -0.05) is 30.1 Å². The maximum Gasteiger partial charge on any atom is 0.275 e. The molecule has 0 radical (unpaired) electrons. The van der Waals surface area contributed by atoms with Crippen molar-refractivity contribution in [1.82, 2.24) is 20.4 Å². The van der Waals surface area contributed by atoms with Gasteiger partial charge in [0.25, 0.3) is 11.8 Å². The monoisotopic (exact) mass is 411 g/mol. The van der Waals surface area contributed by atoms with Crippen LogP contribution >= 0.6 is 23.2 Å². The second-order valence-corrected chi connectivity index (χ2v) is 6.83. The van der Waals surface area contributed by atoms with Crippen LogP contribution in [0.5, 0.6) is 0 Å².